The maximum Gasteiger partial charge on any atom is 0.325 e. The summed E-state index contributed by atoms with van der Waals surface area (Å²) in [5.74, 6) is -0.0545. The highest BCUT2D eigenvalue weighted by molar-refractivity contribution is 5.82. The van der Waals surface area contributed by atoms with E-state index in [0.29, 0.717) is 6.61 Å². The monoisotopic (exact) mass is 227 g/mol. The van der Waals surface area contributed by atoms with Crippen molar-refractivity contribution in [2.24, 2.45) is 0 Å². The molecule has 0 aromatic rings. The third-order valence-corrected chi connectivity index (χ3v) is 3.64. The lowest BCUT2D eigenvalue weighted by molar-refractivity contribution is -0.144. The Hall–Kier alpha value is -0.570. The molecule has 0 amide bonds. The Morgan fingerprint density at radius 1 is 1.25 bits per heavy atom. The van der Waals surface area contributed by atoms with Crippen LogP contribution in [0, 0.1) is 0 Å². The van der Waals surface area contributed by atoms with Crippen LogP contribution >= 0.6 is 0 Å². The van der Waals surface area contributed by atoms with Gasteiger partial charge in [-0.3, -0.25) is 9.69 Å². The maximum atomic E-state index is 11.9. The minimum atomic E-state index is -0.0545. The number of hydrogen-bond donors (Lipinski definition) is 0. The van der Waals surface area contributed by atoms with Gasteiger partial charge in [0.15, 0.2) is 0 Å². The molecule has 1 rings (SSSR count). The van der Waals surface area contributed by atoms with Crippen molar-refractivity contribution in [1.29, 1.82) is 0 Å². The molecule has 0 aromatic heterocycles. The van der Waals surface area contributed by atoms with Crippen LogP contribution in [-0.4, -0.2) is 34.6 Å². The van der Waals surface area contributed by atoms with Gasteiger partial charge in [0.25, 0.3) is 0 Å². The van der Waals surface area contributed by atoms with E-state index < -0.39 is 0 Å². The van der Waals surface area contributed by atoms with E-state index in [9.17, 15) is 4.79 Å². The van der Waals surface area contributed by atoms with Gasteiger partial charge in [0.1, 0.15) is 6.04 Å². The molecule has 2 atom stereocenters. The summed E-state index contributed by atoms with van der Waals surface area (Å²) in [4.78, 5) is 14.2. The van der Waals surface area contributed by atoms with Gasteiger partial charge in [0, 0.05) is 11.1 Å². The molecule has 1 aliphatic rings. The fraction of sp³-hybridized carbons (Fsp3) is 0.923. The second kappa shape index (κ2) is 4.36. The van der Waals surface area contributed by atoms with Crippen molar-refractivity contribution in [2.45, 2.75) is 71.5 Å². The summed E-state index contributed by atoms with van der Waals surface area (Å²) >= 11 is 0. The predicted molar refractivity (Wildman–Crippen MR) is 65.3 cm³/mol. The van der Waals surface area contributed by atoms with E-state index in [1.54, 1.807) is 0 Å². The van der Waals surface area contributed by atoms with E-state index in [0.717, 1.165) is 12.8 Å². The molecule has 1 saturated heterocycles. The Balaban J connectivity index is 2.88. The Labute approximate surface area is 99.1 Å². The van der Waals surface area contributed by atoms with Gasteiger partial charge in [-0.05, 0) is 40.5 Å². The molecule has 0 aromatic carbocycles. The molecule has 3 nitrogen and oxygen atoms in total. The van der Waals surface area contributed by atoms with Gasteiger partial charge in [-0.15, -0.1) is 0 Å². The highest BCUT2D eigenvalue weighted by Crippen LogP contribution is 2.52. The van der Waals surface area contributed by atoms with E-state index in [2.05, 4.69) is 39.5 Å². The fourth-order valence-corrected chi connectivity index (χ4v) is 2.95. The predicted octanol–water partition coefficient (Wildman–Crippen LogP) is 2.59. The molecular formula is C13H25NO2. The number of ether oxygens (including phenoxy) is 1. The lowest BCUT2D eigenvalue weighted by Crippen LogP contribution is -2.33. The molecule has 0 aliphatic carbocycles. The summed E-state index contributed by atoms with van der Waals surface area (Å²) in [7, 11) is 0. The van der Waals surface area contributed by atoms with E-state index in [1.165, 1.54) is 0 Å². The van der Waals surface area contributed by atoms with E-state index >= 15 is 0 Å². The molecule has 2 unspecified atom stereocenters. The average molecular weight is 227 g/mol. The molecule has 1 aliphatic heterocycles. The Bertz CT molecular complexity index is 264. The molecule has 1 heterocycles. The summed E-state index contributed by atoms with van der Waals surface area (Å²) < 4.78 is 5.17. The molecule has 0 spiro atoms. The summed E-state index contributed by atoms with van der Waals surface area (Å²) in [5.41, 5.74) is 0.0634. The Morgan fingerprint density at radius 2 is 1.75 bits per heavy atom. The third kappa shape index (κ3) is 1.97. The highest BCUT2D eigenvalue weighted by Gasteiger charge is 2.67. The van der Waals surface area contributed by atoms with Gasteiger partial charge in [0.2, 0.25) is 0 Å². The van der Waals surface area contributed by atoms with E-state index in [1.807, 2.05) is 6.92 Å². The SMILES string of the molecule is CCOC(=O)C1N(C(C)(C)C)C1(CC)CC. The summed E-state index contributed by atoms with van der Waals surface area (Å²) in [6.07, 6.45) is 2.01. The van der Waals surface area contributed by atoms with Crippen LogP contribution in [0.3, 0.4) is 0 Å². The molecule has 0 radical (unpaired) electrons. The van der Waals surface area contributed by atoms with Gasteiger partial charge < -0.3 is 4.74 Å². The summed E-state index contributed by atoms with van der Waals surface area (Å²) in [6.45, 7) is 13.1. The fourth-order valence-electron chi connectivity index (χ4n) is 2.95. The molecule has 0 N–H and O–H groups in total. The molecular weight excluding hydrogens is 202 g/mol. The Kier molecular flexibility index (Phi) is 3.68. The zero-order chi connectivity index (χ0) is 12.6. The van der Waals surface area contributed by atoms with Gasteiger partial charge in [-0.2, -0.15) is 0 Å². The molecule has 1 fully saturated rings. The van der Waals surface area contributed by atoms with Crippen molar-refractivity contribution in [3.63, 3.8) is 0 Å². The number of rotatable bonds is 4. The van der Waals surface area contributed by atoms with Crippen LogP contribution in [0.15, 0.2) is 0 Å². The van der Waals surface area contributed by atoms with Crippen molar-refractivity contribution in [1.82, 2.24) is 4.90 Å². The van der Waals surface area contributed by atoms with Crippen molar-refractivity contribution in [3.8, 4) is 0 Å². The van der Waals surface area contributed by atoms with Crippen LogP contribution < -0.4 is 0 Å². The van der Waals surface area contributed by atoms with Gasteiger partial charge in [-0.1, -0.05) is 13.8 Å². The molecule has 0 bridgehead atoms. The zero-order valence-electron chi connectivity index (χ0n) is 11.5. The number of nitrogens with zero attached hydrogens (tertiary/aromatic N) is 1. The van der Waals surface area contributed by atoms with Gasteiger partial charge >= 0.3 is 5.97 Å². The largest absolute Gasteiger partial charge is 0.465 e. The van der Waals surface area contributed by atoms with E-state index in [-0.39, 0.29) is 23.1 Å². The lowest BCUT2D eigenvalue weighted by Gasteiger charge is -2.25. The molecule has 0 saturated carbocycles. The Morgan fingerprint density at radius 3 is 2.00 bits per heavy atom. The van der Waals surface area contributed by atoms with E-state index in [4.69, 9.17) is 4.74 Å². The molecule has 16 heavy (non-hydrogen) atoms. The van der Waals surface area contributed by atoms with Crippen molar-refractivity contribution >= 4 is 5.97 Å². The standard InChI is InChI=1S/C13H25NO2/c1-7-13(8-2)10(11(15)16-9-3)14(13)12(4,5)6/h10H,7-9H2,1-6H3. The van der Waals surface area contributed by atoms with Crippen LogP contribution in [0.4, 0.5) is 0 Å². The summed E-state index contributed by atoms with van der Waals surface area (Å²) in [6, 6.07) is -0.0394. The van der Waals surface area contributed by atoms with Crippen LogP contribution in [0.25, 0.3) is 0 Å². The smallest absolute Gasteiger partial charge is 0.325 e. The van der Waals surface area contributed by atoms with Crippen LogP contribution in [0.2, 0.25) is 0 Å². The van der Waals surface area contributed by atoms with Crippen molar-refractivity contribution in [3.05, 3.63) is 0 Å². The first-order chi connectivity index (χ1) is 7.35. The number of carbonyl (C=O) groups excluding carboxylic acids is 1. The summed E-state index contributed by atoms with van der Waals surface area (Å²) in [5, 5.41) is 0. The highest BCUT2D eigenvalue weighted by atomic mass is 16.5. The number of esters is 1. The maximum absolute atomic E-state index is 11.9. The second-order valence-electron chi connectivity index (χ2n) is 5.51. The van der Waals surface area contributed by atoms with Gasteiger partial charge in [0.05, 0.1) is 6.61 Å². The zero-order valence-corrected chi connectivity index (χ0v) is 11.5. The van der Waals surface area contributed by atoms with Gasteiger partial charge in [-0.25, -0.2) is 0 Å². The molecule has 94 valence electrons. The third-order valence-electron chi connectivity index (χ3n) is 3.64. The quantitative estimate of drug-likeness (QED) is 0.546. The van der Waals surface area contributed by atoms with Crippen molar-refractivity contribution in [2.75, 3.05) is 6.61 Å². The number of carbonyl (C=O) groups is 1. The van der Waals surface area contributed by atoms with Crippen LogP contribution in [0.1, 0.15) is 54.4 Å². The van der Waals surface area contributed by atoms with Crippen molar-refractivity contribution < 1.29 is 9.53 Å². The van der Waals surface area contributed by atoms with Crippen LogP contribution in [-0.2, 0) is 9.53 Å². The number of hydrogen-bond acceptors (Lipinski definition) is 3. The average Bonchev–Trinajstić information content (AvgIpc) is 2.87. The minimum Gasteiger partial charge on any atom is -0.465 e. The minimum absolute atomic E-state index is 0.0312. The normalized spacial score (nSPS) is 27.6. The molecule has 3 heteroatoms. The topological polar surface area (TPSA) is 29.3 Å². The first kappa shape index (κ1) is 13.5. The van der Waals surface area contributed by atoms with Crippen LogP contribution in [0.5, 0.6) is 0 Å². The second-order valence-corrected chi connectivity index (χ2v) is 5.51. The lowest BCUT2D eigenvalue weighted by atomic mass is 9.97. The first-order valence-corrected chi connectivity index (χ1v) is 6.31. The first-order valence-electron chi connectivity index (χ1n) is 6.31.